The van der Waals surface area contributed by atoms with Crippen molar-refractivity contribution in [1.29, 1.82) is 0 Å². The van der Waals surface area contributed by atoms with Crippen molar-refractivity contribution in [2.75, 3.05) is 10.6 Å². The molecule has 7 rings (SSSR count). The van der Waals surface area contributed by atoms with Gasteiger partial charge < -0.3 is 20.8 Å². The van der Waals surface area contributed by atoms with Gasteiger partial charge in [0.1, 0.15) is 0 Å². The number of thioether (sulfide) groups is 1. The van der Waals surface area contributed by atoms with Gasteiger partial charge in [0.15, 0.2) is 11.6 Å². The fourth-order valence-electron chi connectivity index (χ4n) is 7.61. The average molecular weight is 821 g/mol. The predicted octanol–water partition coefficient (Wildman–Crippen LogP) is 12.0. The van der Waals surface area contributed by atoms with E-state index in [1.807, 2.05) is 24.3 Å². The summed E-state index contributed by atoms with van der Waals surface area (Å²) in [6, 6.07) is 32.8. The third kappa shape index (κ3) is 8.15. The number of carboxylic acids is 2. The predicted molar refractivity (Wildman–Crippen MR) is 237 cm³/mol. The van der Waals surface area contributed by atoms with E-state index in [1.165, 1.54) is 29.6 Å². The molecule has 1 aliphatic rings. The van der Waals surface area contributed by atoms with E-state index in [9.17, 15) is 19.8 Å². The Labute approximate surface area is 352 Å². The van der Waals surface area contributed by atoms with Crippen molar-refractivity contribution in [3.8, 4) is 0 Å². The van der Waals surface area contributed by atoms with E-state index in [-0.39, 0.29) is 50.7 Å². The fraction of sp³-hybridized carbons (Fsp3) is 0.184. The molecule has 0 aliphatic heterocycles. The SMILES string of the molecule is CCc1cccc(CC)c1Nc1ccc(Nc2c(CC)cccc2CC)c2c1C(=O)c1cc(CSc3ccccc3C(=O)O)c(Sc3ccccc3C(=O)O)cc1C2=O. The average Bonchev–Trinajstić information content (AvgIpc) is 3.25. The molecule has 6 aromatic rings. The summed E-state index contributed by atoms with van der Waals surface area (Å²) in [7, 11) is 0. The summed E-state index contributed by atoms with van der Waals surface area (Å²) in [6.07, 6.45) is 3.05. The zero-order chi connectivity index (χ0) is 41.8. The molecule has 0 atom stereocenters. The number of aromatic carboxylic acids is 2. The number of hydrogen-bond donors (Lipinski definition) is 4. The van der Waals surface area contributed by atoms with Gasteiger partial charge in [-0.2, -0.15) is 0 Å². The molecule has 59 heavy (non-hydrogen) atoms. The standard InChI is InChI=1S/C49H44N2O6S2/c1-5-28-15-13-16-29(6-2)44(28)50-37-23-24-38(51-45-30(7-3)17-14-18-31(45)8-4)43-42(37)46(52)35-25-32(27-58-39-21-11-9-19-33(39)48(54)55)41(26-36(35)47(43)53)59-40-22-12-10-20-34(40)49(56)57/h9-26,50-51H,5-8,27H2,1-4H3,(H,54,55)(H,56,57). The Balaban J connectivity index is 1.43. The lowest BCUT2D eigenvalue weighted by Crippen LogP contribution is -2.24. The van der Waals surface area contributed by atoms with Crippen LogP contribution in [0, 0.1) is 0 Å². The first kappa shape index (κ1) is 41.1. The minimum absolute atomic E-state index is 0.0973. The van der Waals surface area contributed by atoms with Crippen LogP contribution in [-0.4, -0.2) is 33.7 Å². The first-order chi connectivity index (χ1) is 28.6. The second kappa shape index (κ2) is 17.8. The Bertz CT molecular complexity index is 2610. The zero-order valence-electron chi connectivity index (χ0n) is 33.3. The number of hydrogen-bond acceptors (Lipinski definition) is 8. The van der Waals surface area contributed by atoms with Gasteiger partial charge in [0.25, 0.3) is 0 Å². The molecular weight excluding hydrogens is 777 g/mol. The first-order valence-corrected chi connectivity index (χ1v) is 21.5. The molecule has 298 valence electrons. The van der Waals surface area contributed by atoms with Crippen LogP contribution in [0.1, 0.15) is 108 Å². The van der Waals surface area contributed by atoms with Gasteiger partial charge in [-0.1, -0.05) is 100 Å². The van der Waals surface area contributed by atoms with E-state index in [2.05, 4.69) is 62.6 Å². The summed E-state index contributed by atoms with van der Waals surface area (Å²) in [6.45, 7) is 8.34. The van der Waals surface area contributed by atoms with Crippen LogP contribution < -0.4 is 10.6 Å². The molecule has 0 saturated carbocycles. The van der Waals surface area contributed by atoms with Crippen LogP contribution in [0.2, 0.25) is 0 Å². The largest absolute Gasteiger partial charge is 0.478 e. The van der Waals surface area contributed by atoms with Crippen LogP contribution in [-0.2, 0) is 31.4 Å². The number of carbonyl (C=O) groups excluding carboxylic acids is 2. The van der Waals surface area contributed by atoms with E-state index in [1.54, 1.807) is 54.6 Å². The summed E-state index contributed by atoms with van der Waals surface area (Å²) in [5.41, 5.74) is 9.05. The Morgan fingerprint density at radius 3 is 1.39 bits per heavy atom. The van der Waals surface area contributed by atoms with Crippen molar-refractivity contribution in [1.82, 2.24) is 0 Å². The number of benzene rings is 6. The van der Waals surface area contributed by atoms with Crippen molar-refractivity contribution in [2.24, 2.45) is 0 Å². The Morgan fingerprint density at radius 2 is 0.932 bits per heavy atom. The molecule has 1 aliphatic carbocycles. The van der Waals surface area contributed by atoms with Crippen molar-refractivity contribution in [3.05, 3.63) is 170 Å². The summed E-state index contributed by atoms with van der Waals surface area (Å²) >= 11 is 2.50. The van der Waals surface area contributed by atoms with Crippen molar-refractivity contribution < 1.29 is 29.4 Å². The Hall–Kier alpha value is -6.10. The van der Waals surface area contributed by atoms with Gasteiger partial charge in [0.05, 0.1) is 33.6 Å². The molecule has 0 spiro atoms. The number of ketones is 2. The van der Waals surface area contributed by atoms with Crippen molar-refractivity contribution in [3.63, 3.8) is 0 Å². The monoisotopic (exact) mass is 820 g/mol. The van der Waals surface area contributed by atoms with Gasteiger partial charge in [0.2, 0.25) is 0 Å². The Morgan fingerprint density at radius 1 is 0.508 bits per heavy atom. The highest BCUT2D eigenvalue weighted by molar-refractivity contribution is 8.00. The smallest absolute Gasteiger partial charge is 0.336 e. The molecule has 0 radical (unpaired) electrons. The second-order valence-corrected chi connectivity index (χ2v) is 16.2. The van der Waals surface area contributed by atoms with Crippen LogP contribution in [0.4, 0.5) is 22.7 Å². The number of anilines is 4. The molecule has 10 heteroatoms. The van der Waals surface area contributed by atoms with E-state index < -0.39 is 11.9 Å². The van der Waals surface area contributed by atoms with E-state index in [0.29, 0.717) is 31.6 Å². The van der Waals surface area contributed by atoms with Crippen molar-refractivity contribution >= 4 is 69.8 Å². The summed E-state index contributed by atoms with van der Waals surface area (Å²) in [5, 5.41) is 27.2. The molecule has 0 unspecified atom stereocenters. The number of rotatable bonds is 15. The highest BCUT2D eigenvalue weighted by Gasteiger charge is 2.36. The van der Waals surface area contributed by atoms with Crippen LogP contribution in [0.15, 0.2) is 124 Å². The molecular formula is C49H44N2O6S2. The molecule has 0 bridgehead atoms. The quantitative estimate of drug-likeness (QED) is 0.0741. The van der Waals surface area contributed by atoms with E-state index >= 15 is 9.59 Å². The van der Waals surface area contributed by atoms with Gasteiger partial charge in [-0.25, -0.2) is 9.59 Å². The summed E-state index contributed by atoms with van der Waals surface area (Å²) in [4.78, 5) is 56.5. The number of para-hydroxylation sites is 2. The van der Waals surface area contributed by atoms with Gasteiger partial charge in [0, 0.05) is 42.9 Å². The van der Waals surface area contributed by atoms with Gasteiger partial charge in [-0.15, -0.1) is 11.8 Å². The third-order valence-corrected chi connectivity index (χ3v) is 13.0. The lowest BCUT2D eigenvalue weighted by atomic mass is 9.81. The molecule has 4 N–H and O–H groups in total. The minimum atomic E-state index is -1.09. The molecule has 0 amide bonds. The van der Waals surface area contributed by atoms with Gasteiger partial charge in [-0.05, 0) is 102 Å². The summed E-state index contributed by atoms with van der Waals surface area (Å²) in [5.74, 6) is -2.58. The lowest BCUT2D eigenvalue weighted by Gasteiger charge is -2.27. The molecule has 6 aromatic carbocycles. The maximum absolute atomic E-state index is 15.2. The second-order valence-electron chi connectivity index (χ2n) is 14.1. The van der Waals surface area contributed by atoms with Crippen LogP contribution >= 0.6 is 23.5 Å². The number of fused-ring (bicyclic) bond motifs is 2. The van der Waals surface area contributed by atoms with E-state index in [4.69, 9.17) is 0 Å². The molecule has 0 heterocycles. The lowest BCUT2D eigenvalue weighted by molar-refractivity contribution is 0.0682. The van der Waals surface area contributed by atoms with Crippen LogP contribution in [0.25, 0.3) is 0 Å². The number of nitrogens with one attached hydrogen (secondary N) is 2. The maximum atomic E-state index is 15.2. The normalized spacial score (nSPS) is 11.9. The third-order valence-electron chi connectivity index (χ3n) is 10.7. The number of carboxylic acid groups (broad SMARTS) is 2. The molecule has 8 nitrogen and oxygen atoms in total. The molecule has 0 aromatic heterocycles. The topological polar surface area (TPSA) is 133 Å². The van der Waals surface area contributed by atoms with Gasteiger partial charge >= 0.3 is 11.9 Å². The molecule has 0 saturated heterocycles. The fourth-order valence-corrected chi connectivity index (χ4v) is 9.83. The van der Waals surface area contributed by atoms with Crippen molar-refractivity contribution in [2.45, 2.75) is 73.8 Å². The van der Waals surface area contributed by atoms with Crippen LogP contribution in [0.3, 0.4) is 0 Å². The number of carbonyl (C=O) groups is 4. The molecule has 0 fully saturated rings. The maximum Gasteiger partial charge on any atom is 0.336 e. The Kier molecular flexibility index (Phi) is 12.4. The minimum Gasteiger partial charge on any atom is -0.478 e. The highest BCUT2D eigenvalue weighted by Crippen LogP contribution is 2.44. The van der Waals surface area contributed by atoms with Gasteiger partial charge in [-0.3, -0.25) is 9.59 Å². The first-order valence-electron chi connectivity index (χ1n) is 19.7. The zero-order valence-corrected chi connectivity index (χ0v) is 34.9. The van der Waals surface area contributed by atoms with Crippen LogP contribution in [0.5, 0.6) is 0 Å². The summed E-state index contributed by atoms with van der Waals surface area (Å²) < 4.78 is 0. The highest BCUT2D eigenvalue weighted by atomic mass is 32.2. The van der Waals surface area contributed by atoms with E-state index in [0.717, 1.165) is 59.3 Å². The number of aryl methyl sites for hydroxylation is 4.